The highest BCUT2D eigenvalue weighted by Crippen LogP contribution is 2.23. The first kappa shape index (κ1) is 19.0. The number of rotatable bonds is 7. The molecule has 0 unspecified atom stereocenters. The SMILES string of the molecule is O=C(/C=C/C=C/c1ccc(Cl)c(Cl)c1)NCCCN1CCOCC1. The van der Waals surface area contributed by atoms with Gasteiger partial charge in [0, 0.05) is 25.7 Å². The monoisotopic (exact) mass is 368 g/mol. The Morgan fingerprint density at radius 1 is 1.21 bits per heavy atom. The van der Waals surface area contributed by atoms with Gasteiger partial charge in [-0.25, -0.2) is 0 Å². The number of hydrogen-bond donors (Lipinski definition) is 1. The van der Waals surface area contributed by atoms with Crippen molar-refractivity contribution in [2.75, 3.05) is 39.4 Å². The minimum atomic E-state index is -0.0873. The predicted molar refractivity (Wildman–Crippen MR) is 99.5 cm³/mol. The molecule has 1 aromatic carbocycles. The van der Waals surface area contributed by atoms with Crippen LogP contribution in [0.5, 0.6) is 0 Å². The summed E-state index contributed by atoms with van der Waals surface area (Å²) in [4.78, 5) is 14.1. The highest BCUT2D eigenvalue weighted by molar-refractivity contribution is 6.42. The summed E-state index contributed by atoms with van der Waals surface area (Å²) in [7, 11) is 0. The molecule has 1 aromatic rings. The normalized spacial score (nSPS) is 16.1. The van der Waals surface area contributed by atoms with Crippen LogP contribution in [0.4, 0.5) is 0 Å². The molecule has 1 amide bonds. The summed E-state index contributed by atoms with van der Waals surface area (Å²) >= 11 is 11.8. The quantitative estimate of drug-likeness (QED) is 0.455. The zero-order chi connectivity index (χ0) is 17.2. The Kier molecular flexibility index (Phi) is 8.33. The fourth-order valence-electron chi connectivity index (χ4n) is 2.32. The van der Waals surface area contributed by atoms with Crippen LogP contribution in [0.3, 0.4) is 0 Å². The molecule has 0 spiro atoms. The average molecular weight is 369 g/mol. The number of benzene rings is 1. The predicted octanol–water partition coefficient (Wildman–Crippen LogP) is 3.40. The Balaban J connectivity index is 1.63. The van der Waals surface area contributed by atoms with Gasteiger partial charge in [0.25, 0.3) is 0 Å². The van der Waals surface area contributed by atoms with Crippen molar-refractivity contribution in [3.63, 3.8) is 0 Å². The van der Waals surface area contributed by atoms with Crippen LogP contribution in [0.2, 0.25) is 10.0 Å². The molecule has 0 bridgehead atoms. The van der Waals surface area contributed by atoms with Crippen LogP contribution in [0.25, 0.3) is 6.08 Å². The van der Waals surface area contributed by atoms with E-state index >= 15 is 0 Å². The van der Waals surface area contributed by atoms with Gasteiger partial charge in [-0.05, 0) is 30.7 Å². The number of ether oxygens (including phenoxy) is 1. The van der Waals surface area contributed by atoms with Crippen molar-refractivity contribution in [1.82, 2.24) is 10.2 Å². The summed E-state index contributed by atoms with van der Waals surface area (Å²) in [6, 6.07) is 5.39. The fourth-order valence-corrected chi connectivity index (χ4v) is 2.63. The summed E-state index contributed by atoms with van der Waals surface area (Å²) in [5.74, 6) is -0.0873. The lowest BCUT2D eigenvalue weighted by Crippen LogP contribution is -2.38. The first-order valence-corrected chi connectivity index (χ1v) is 8.78. The van der Waals surface area contributed by atoms with E-state index < -0.39 is 0 Å². The fraction of sp³-hybridized carbons (Fsp3) is 0.389. The van der Waals surface area contributed by atoms with Crippen molar-refractivity contribution < 1.29 is 9.53 Å². The van der Waals surface area contributed by atoms with Crippen LogP contribution in [-0.2, 0) is 9.53 Å². The molecule has 1 saturated heterocycles. The number of morpholine rings is 1. The van der Waals surface area contributed by atoms with Gasteiger partial charge in [-0.3, -0.25) is 9.69 Å². The number of hydrogen-bond acceptors (Lipinski definition) is 3. The second-order valence-electron chi connectivity index (χ2n) is 5.49. The molecule has 1 N–H and O–H groups in total. The third kappa shape index (κ3) is 7.05. The molecular formula is C18H22Cl2N2O2. The van der Waals surface area contributed by atoms with Gasteiger partial charge in [0.15, 0.2) is 0 Å². The minimum Gasteiger partial charge on any atom is -0.379 e. The highest BCUT2D eigenvalue weighted by atomic mass is 35.5. The van der Waals surface area contributed by atoms with Crippen LogP contribution in [0.1, 0.15) is 12.0 Å². The van der Waals surface area contributed by atoms with E-state index in [1.54, 1.807) is 24.3 Å². The maximum absolute atomic E-state index is 11.7. The van der Waals surface area contributed by atoms with E-state index in [0.717, 1.165) is 44.8 Å². The molecule has 0 aromatic heterocycles. The smallest absolute Gasteiger partial charge is 0.243 e. The van der Waals surface area contributed by atoms with Crippen molar-refractivity contribution in [2.24, 2.45) is 0 Å². The molecule has 0 atom stereocenters. The molecule has 1 fully saturated rings. The number of amides is 1. The lowest BCUT2D eigenvalue weighted by atomic mass is 10.2. The summed E-state index contributed by atoms with van der Waals surface area (Å²) in [5.41, 5.74) is 0.931. The van der Waals surface area contributed by atoms with E-state index in [9.17, 15) is 4.79 Å². The molecule has 6 heteroatoms. The number of carbonyl (C=O) groups is 1. The second-order valence-corrected chi connectivity index (χ2v) is 6.30. The minimum absolute atomic E-state index is 0.0873. The standard InChI is InChI=1S/C18H22Cl2N2O2/c19-16-7-6-15(14-17(16)20)4-1-2-5-18(23)21-8-3-9-22-10-12-24-13-11-22/h1-2,4-7,14H,3,8-13H2,(H,21,23)/b4-1+,5-2+. The number of halogens is 2. The van der Waals surface area contributed by atoms with E-state index in [4.69, 9.17) is 27.9 Å². The first-order chi connectivity index (χ1) is 11.6. The van der Waals surface area contributed by atoms with Crippen molar-refractivity contribution in [3.8, 4) is 0 Å². The second kappa shape index (κ2) is 10.5. The van der Waals surface area contributed by atoms with Gasteiger partial charge < -0.3 is 10.1 Å². The number of nitrogens with one attached hydrogen (secondary N) is 1. The van der Waals surface area contributed by atoms with Crippen LogP contribution in [0, 0.1) is 0 Å². The molecular weight excluding hydrogens is 347 g/mol. The highest BCUT2D eigenvalue weighted by Gasteiger charge is 2.09. The molecule has 4 nitrogen and oxygen atoms in total. The molecule has 24 heavy (non-hydrogen) atoms. The maximum atomic E-state index is 11.7. The molecule has 130 valence electrons. The largest absolute Gasteiger partial charge is 0.379 e. The van der Waals surface area contributed by atoms with Gasteiger partial charge in [0.2, 0.25) is 5.91 Å². The van der Waals surface area contributed by atoms with Crippen molar-refractivity contribution in [2.45, 2.75) is 6.42 Å². The average Bonchev–Trinajstić information content (AvgIpc) is 2.59. The van der Waals surface area contributed by atoms with E-state index in [0.29, 0.717) is 16.6 Å². The van der Waals surface area contributed by atoms with Gasteiger partial charge >= 0.3 is 0 Å². The zero-order valence-electron chi connectivity index (χ0n) is 13.5. The van der Waals surface area contributed by atoms with Crippen LogP contribution < -0.4 is 5.32 Å². The Morgan fingerprint density at radius 3 is 2.75 bits per heavy atom. The molecule has 0 saturated carbocycles. The summed E-state index contributed by atoms with van der Waals surface area (Å²) < 4.78 is 5.30. The zero-order valence-corrected chi connectivity index (χ0v) is 15.0. The first-order valence-electron chi connectivity index (χ1n) is 8.03. The van der Waals surface area contributed by atoms with E-state index in [-0.39, 0.29) is 5.91 Å². The molecule has 1 aliphatic rings. The Morgan fingerprint density at radius 2 is 2.00 bits per heavy atom. The topological polar surface area (TPSA) is 41.6 Å². The lowest BCUT2D eigenvalue weighted by Gasteiger charge is -2.26. The summed E-state index contributed by atoms with van der Waals surface area (Å²) in [6.45, 7) is 5.24. The van der Waals surface area contributed by atoms with E-state index in [1.165, 1.54) is 6.08 Å². The van der Waals surface area contributed by atoms with Gasteiger partial charge in [-0.2, -0.15) is 0 Å². The van der Waals surface area contributed by atoms with Crippen molar-refractivity contribution in [3.05, 3.63) is 52.0 Å². The molecule has 1 aliphatic heterocycles. The van der Waals surface area contributed by atoms with Gasteiger partial charge in [-0.1, -0.05) is 47.5 Å². The maximum Gasteiger partial charge on any atom is 0.243 e. The number of allylic oxidation sites excluding steroid dienone is 2. The summed E-state index contributed by atoms with van der Waals surface area (Å²) in [6.07, 6.45) is 7.83. The van der Waals surface area contributed by atoms with Crippen LogP contribution >= 0.6 is 23.2 Å². The molecule has 0 radical (unpaired) electrons. The van der Waals surface area contributed by atoms with E-state index in [2.05, 4.69) is 10.2 Å². The molecule has 1 heterocycles. The van der Waals surface area contributed by atoms with Crippen LogP contribution in [-0.4, -0.2) is 50.2 Å². The number of nitrogens with zero attached hydrogens (tertiary/aromatic N) is 1. The third-order valence-electron chi connectivity index (χ3n) is 3.65. The van der Waals surface area contributed by atoms with Crippen LogP contribution in [0.15, 0.2) is 36.4 Å². The Labute approximate surface area is 153 Å². The number of carbonyl (C=O) groups excluding carboxylic acids is 1. The lowest BCUT2D eigenvalue weighted by molar-refractivity contribution is -0.116. The van der Waals surface area contributed by atoms with Gasteiger partial charge in [-0.15, -0.1) is 0 Å². The Bertz CT molecular complexity index is 597. The van der Waals surface area contributed by atoms with E-state index in [1.807, 2.05) is 12.1 Å². The molecule has 2 rings (SSSR count). The van der Waals surface area contributed by atoms with Gasteiger partial charge in [0.1, 0.15) is 0 Å². The molecule has 0 aliphatic carbocycles. The van der Waals surface area contributed by atoms with Crippen molar-refractivity contribution in [1.29, 1.82) is 0 Å². The third-order valence-corrected chi connectivity index (χ3v) is 4.38. The van der Waals surface area contributed by atoms with Crippen molar-refractivity contribution >= 4 is 35.2 Å². The van der Waals surface area contributed by atoms with Gasteiger partial charge in [0.05, 0.1) is 23.3 Å². The summed E-state index contributed by atoms with van der Waals surface area (Å²) in [5, 5.41) is 3.92. The Hall–Kier alpha value is -1.33.